The Kier molecular flexibility index (Phi) is 6.36. The summed E-state index contributed by atoms with van der Waals surface area (Å²) >= 11 is 0. The Morgan fingerprint density at radius 2 is 1.57 bits per heavy atom. The number of benzene rings is 2. The van der Waals surface area contributed by atoms with Gasteiger partial charge in [0.2, 0.25) is 0 Å². The monoisotopic (exact) mass is 410 g/mol. The fraction of sp³-hybridized carbons (Fsp3) is 0.227. The summed E-state index contributed by atoms with van der Waals surface area (Å²) in [4.78, 5) is 35.5. The highest BCUT2D eigenvalue weighted by Crippen LogP contribution is 2.28. The molecule has 1 atom stereocenters. The van der Waals surface area contributed by atoms with E-state index in [2.05, 4.69) is 15.4 Å². The van der Waals surface area contributed by atoms with Crippen LogP contribution in [0.15, 0.2) is 59.8 Å². The zero-order valence-corrected chi connectivity index (χ0v) is 16.9. The second kappa shape index (κ2) is 9.13. The van der Waals surface area contributed by atoms with E-state index in [9.17, 15) is 14.4 Å². The van der Waals surface area contributed by atoms with Crippen LogP contribution in [0.1, 0.15) is 34.5 Å². The van der Waals surface area contributed by atoms with E-state index >= 15 is 0 Å². The molecule has 8 heteroatoms. The molecular weight excluding hydrogens is 388 g/mol. The van der Waals surface area contributed by atoms with Crippen LogP contribution in [0.4, 0.5) is 4.79 Å². The van der Waals surface area contributed by atoms with Gasteiger partial charge in [-0.25, -0.2) is 14.4 Å². The third-order valence-corrected chi connectivity index (χ3v) is 4.67. The average Bonchev–Trinajstić information content (AvgIpc) is 2.77. The van der Waals surface area contributed by atoms with Crippen molar-refractivity contribution < 1.29 is 28.6 Å². The zero-order chi connectivity index (χ0) is 21.7. The quantitative estimate of drug-likeness (QED) is 0.710. The molecule has 2 N–H and O–H groups in total. The third-order valence-electron chi connectivity index (χ3n) is 4.67. The summed E-state index contributed by atoms with van der Waals surface area (Å²) in [6.45, 7) is 1.97. The number of urea groups is 1. The van der Waals surface area contributed by atoms with Gasteiger partial charge in [-0.3, -0.25) is 0 Å². The second-order valence-electron chi connectivity index (χ2n) is 6.61. The molecule has 0 fully saturated rings. The number of hydrogen-bond donors (Lipinski definition) is 2. The molecule has 2 aromatic carbocycles. The van der Waals surface area contributed by atoms with Crippen molar-refractivity contribution in [3.05, 3.63) is 76.5 Å². The Labute approximate surface area is 173 Å². The summed E-state index contributed by atoms with van der Waals surface area (Å²) in [5.74, 6) is -0.282. The summed E-state index contributed by atoms with van der Waals surface area (Å²) < 4.78 is 15.3. The lowest BCUT2D eigenvalue weighted by Gasteiger charge is -2.27. The van der Waals surface area contributed by atoms with Crippen molar-refractivity contribution >= 4 is 18.0 Å². The predicted molar refractivity (Wildman–Crippen MR) is 108 cm³/mol. The fourth-order valence-electron chi connectivity index (χ4n) is 3.10. The highest BCUT2D eigenvalue weighted by molar-refractivity contribution is 5.95. The number of methoxy groups -OCH3 is 2. The Morgan fingerprint density at radius 1 is 0.933 bits per heavy atom. The number of nitrogens with one attached hydrogen (secondary N) is 2. The molecule has 30 heavy (non-hydrogen) atoms. The first-order chi connectivity index (χ1) is 14.4. The highest BCUT2D eigenvalue weighted by atomic mass is 16.5. The molecule has 0 saturated carbocycles. The van der Waals surface area contributed by atoms with Gasteiger partial charge in [-0.1, -0.05) is 24.3 Å². The van der Waals surface area contributed by atoms with Crippen molar-refractivity contribution in [2.24, 2.45) is 0 Å². The first-order valence-electron chi connectivity index (χ1n) is 9.19. The van der Waals surface area contributed by atoms with Crippen molar-refractivity contribution in [3.8, 4) is 5.75 Å². The van der Waals surface area contributed by atoms with Gasteiger partial charge in [-0.05, 0) is 42.3 Å². The van der Waals surface area contributed by atoms with Crippen LogP contribution in [-0.4, -0.2) is 32.2 Å². The fourth-order valence-corrected chi connectivity index (χ4v) is 3.10. The molecular formula is C22H22N2O6. The van der Waals surface area contributed by atoms with E-state index in [1.165, 1.54) is 14.2 Å². The minimum absolute atomic E-state index is 0.317. The van der Waals surface area contributed by atoms with Crippen molar-refractivity contribution in [2.45, 2.75) is 19.6 Å². The van der Waals surface area contributed by atoms with Crippen molar-refractivity contribution in [2.75, 3.05) is 14.2 Å². The smallest absolute Gasteiger partial charge is 0.337 e. The van der Waals surface area contributed by atoms with E-state index in [4.69, 9.17) is 9.47 Å². The lowest BCUT2D eigenvalue weighted by atomic mass is 9.95. The normalized spacial score (nSPS) is 15.7. The number of allylic oxidation sites excluding steroid dienone is 1. The van der Waals surface area contributed by atoms with Crippen molar-refractivity contribution in [1.29, 1.82) is 0 Å². The topological polar surface area (TPSA) is 103 Å². The van der Waals surface area contributed by atoms with Crippen LogP contribution in [0.5, 0.6) is 5.75 Å². The molecule has 1 aliphatic heterocycles. The Balaban J connectivity index is 1.70. The van der Waals surface area contributed by atoms with Crippen LogP contribution in [0.2, 0.25) is 0 Å². The van der Waals surface area contributed by atoms with Crippen LogP contribution in [0, 0.1) is 0 Å². The Morgan fingerprint density at radius 3 is 2.17 bits per heavy atom. The molecule has 156 valence electrons. The SMILES string of the molecule is COC(=O)C1=C(C)NC(=O)N[C@@H]1c1ccc(OCc2ccc(C(=O)OC)cc2)cc1. The largest absolute Gasteiger partial charge is 0.489 e. The van der Waals surface area contributed by atoms with Crippen LogP contribution in [0.3, 0.4) is 0 Å². The van der Waals surface area contributed by atoms with E-state index < -0.39 is 18.0 Å². The van der Waals surface area contributed by atoms with E-state index in [-0.39, 0.29) is 6.03 Å². The lowest BCUT2D eigenvalue weighted by molar-refractivity contribution is -0.136. The number of esters is 2. The van der Waals surface area contributed by atoms with Crippen molar-refractivity contribution in [1.82, 2.24) is 10.6 Å². The van der Waals surface area contributed by atoms with Gasteiger partial charge < -0.3 is 24.8 Å². The summed E-state index contributed by atoms with van der Waals surface area (Å²) in [6, 6.07) is 13.0. The molecule has 0 unspecified atom stereocenters. The van der Waals surface area contributed by atoms with Crippen LogP contribution >= 0.6 is 0 Å². The Hall–Kier alpha value is -3.81. The second-order valence-corrected chi connectivity index (χ2v) is 6.61. The molecule has 1 heterocycles. The van der Waals surface area contributed by atoms with Gasteiger partial charge in [0.15, 0.2) is 0 Å². The molecule has 0 aliphatic carbocycles. The number of hydrogen-bond acceptors (Lipinski definition) is 6. The maximum absolute atomic E-state index is 12.2. The molecule has 0 spiro atoms. The van der Waals surface area contributed by atoms with Crippen LogP contribution in [0.25, 0.3) is 0 Å². The summed E-state index contributed by atoms with van der Waals surface area (Å²) in [6.07, 6.45) is 0. The number of ether oxygens (including phenoxy) is 3. The van der Waals surface area contributed by atoms with Crippen LogP contribution in [-0.2, 0) is 20.9 Å². The molecule has 2 aromatic rings. The van der Waals surface area contributed by atoms with E-state index in [1.54, 1.807) is 55.5 Å². The zero-order valence-electron chi connectivity index (χ0n) is 16.9. The average molecular weight is 410 g/mol. The van der Waals surface area contributed by atoms with E-state index in [1.807, 2.05) is 0 Å². The van der Waals surface area contributed by atoms with E-state index in [0.717, 1.165) is 11.1 Å². The lowest BCUT2D eigenvalue weighted by Crippen LogP contribution is -2.45. The van der Waals surface area contributed by atoms with Gasteiger partial charge in [0.25, 0.3) is 0 Å². The minimum Gasteiger partial charge on any atom is -0.489 e. The van der Waals surface area contributed by atoms with Gasteiger partial charge >= 0.3 is 18.0 Å². The molecule has 3 rings (SSSR count). The molecule has 1 aliphatic rings. The number of carbonyl (C=O) groups excluding carboxylic acids is 3. The number of amides is 2. The molecule has 0 saturated heterocycles. The maximum atomic E-state index is 12.2. The number of rotatable bonds is 6. The third kappa shape index (κ3) is 4.60. The highest BCUT2D eigenvalue weighted by Gasteiger charge is 2.31. The summed E-state index contributed by atoms with van der Waals surface area (Å²) in [7, 11) is 2.63. The summed E-state index contributed by atoms with van der Waals surface area (Å²) in [5.41, 5.74) is 2.88. The molecule has 0 bridgehead atoms. The van der Waals surface area contributed by atoms with Gasteiger partial charge in [-0.15, -0.1) is 0 Å². The molecule has 2 amide bonds. The molecule has 0 aromatic heterocycles. The van der Waals surface area contributed by atoms with Gasteiger partial charge in [0.05, 0.1) is 31.4 Å². The van der Waals surface area contributed by atoms with Gasteiger partial charge in [0.1, 0.15) is 12.4 Å². The number of carbonyl (C=O) groups is 3. The van der Waals surface area contributed by atoms with Gasteiger partial charge in [-0.2, -0.15) is 0 Å². The Bertz CT molecular complexity index is 980. The maximum Gasteiger partial charge on any atom is 0.337 e. The predicted octanol–water partition coefficient (Wildman–Crippen LogP) is 2.85. The first kappa shape index (κ1) is 20.9. The summed E-state index contributed by atoms with van der Waals surface area (Å²) in [5, 5.41) is 5.32. The minimum atomic E-state index is -0.619. The standard InChI is InChI=1S/C22H22N2O6/c1-13-18(21(26)29-3)19(24-22(27)23-13)15-8-10-17(11-9-15)30-12-14-4-6-16(7-5-14)20(25)28-2/h4-11,19H,12H2,1-3H3,(H2,23,24,27)/t19-/m1/s1. The first-order valence-corrected chi connectivity index (χ1v) is 9.19. The molecule has 8 nitrogen and oxygen atoms in total. The van der Waals surface area contributed by atoms with Gasteiger partial charge in [0, 0.05) is 5.70 Å². The van der Waals surface area contributed by atoms with Crippen molar-refractivity contribution in [3.63, 3.8) is 0 Å². The molecule has 0 radical (unpaired) electrons. The van der Waals surface area contributed by atoms with E-state index in [0.29, 0.717) is 29.2 Å². The van der Waals surface area contributed by atoms with Crippen LogP contribution < -0.4 is 15.4 Å².